The van der Waals surface area contributed by atoms with Gasteiger partial charge in [-0.15, -0.1) is 15.3 Å². The topological polar surface area (TPSA) is 76.7 Å². The first-order valence-electron chi connectivity index (χ1n) is 5.81. The van der Waals surface area contributed by atoms with Crippen molar-refractivity contribution in [3.8, 4) is 16.4 Å². The molecule has 0 fully saturated rings. The monoisotopic (exact) mass is 307 g/mol. The van der Waals surface area contributed by atoms with Crippen LogP contribution in [0.5, 0.6) is 0 Å². The van der Waals surface area contributed by atoms with Gasteiger partial charge in [0.25, 0.3) is 0 Å². The molecular formula is C12H10ClN5OS. The summed E-state index contributed by atoms with van der Waals surface area (Å²) in [4.78, 5) is 0. The zero-order valence-electron chi connectivity index (χ0n) is 10.5. The highest BCUT2D eigenvalue weighted by atomic mass is 35.5. The van der Waals surface area contributed by atoms with E-state index in [1.165, 1.54) is 11.3 Å². The number of nitrogens with zero attached hydrogens (tertiary/aromatic N) is 5. The van der Waals surface area contributed by atoms with Crippen molar-refractivity contribution < 1.29 is 5.11 Å². The Bertz CT molecular complexity index is 737. The molecule has 1 N–H and O–H groups in total. The van der Waals surface area contributed by atoms with E-state index in [1.54, 1.807) is 16.8 Å². The zero-order chi connectivity index (χ0) is 14.1. The number of rotatable bonds is 3. The lowest BCUT2D eigenvalue weighted by Gasteiger charge is -2.04. The molecule has 0 aliphatic carbocycles. The van der Waals surface area contributed by atoms with Gasteiger partial charge in [0.1, 0.15) is 16.4 Å². The number of hydrogen-bond acceptors (Lipinski definition) is 6. The van der Waals surface area contributed by atoms with E-state index in [0.29, 0.717) is 21.5 Å². The number of hydrogen-bond donors (Lipinski definition) is 1. The van der Waals surface area contributed by atoms with Crippen molar-refractivity contribution in [3.05, 3.63) is 40.0 Å². The van der Waals surface area contributed by atoms with Crippen molar-refractivity contribution in [3.63, 3.8) is 0 Å². The highest BCUT2D eigenvalue weighted by Gasteiger charge is 2.18. The fourth-order valence-electron chi connectivity index (χ4n) is 1.82. The Morgan fingerprint density at radius 3 is 2.55 bits per heavy atom. The van der Waals surface area contributed by atoms with Crippen molar-refractivity contribution in [2.45, 2.75) is 13.5 Å². The molecule has 0 saturated heterocycles. The van der Waals surface area contributed by atoms with Crippen molar-refractivity contribution in [1.29, 1.82) is 0 Å². The molecule has 0 unspecified atom stereocenters. The first-order chi connectivity index (χ1) is 9.69. The maximum atomic E-state index is 9.43. The van der Waals surface area contributed by atoms with Crippen LogP contribution in [0.2, 0.25) is 5.02 Å². The Morgan fingerprint density at radius 1 is 1.20 bits per heavy atom. The number of aromatic nitrogens is 5. The van der Waals surface area contributed by atoms with Crippen molar-refractivity contribution in [2.75, 3.05) is 0 Å². The van der Waals surface area contributed by atoms with Gasteiger partial charge in [-0.2, -0.15) is 4.68 Å². The summed E-state index contributed by atoms with van der Waals surface area (Å²) < 4.78 is 1.58. The Balaban J connectivity index is 2.17. The predicted octanol–water partition coefficient (Wildman–Crippen LogP) is 2.24. The second kappa shape index (κ2) is 5.28. The number of aliphatic hydroxyl groups excluding tert-OH is 1. The lowest BCUT2D eigenvalue weighted by atomic mass is 10.1. The van der Waals surface area contributed by atoms with Gasteiger partial charge in [-0.05, 0) is 19.1 Å². The summed E-state index contributed by atoms with van der Waals surface area (Å²) in [6.45, 7) is 1.67. The summed E-state index contributed by atoms with van der Waals surface area (Å²) >= 11 is 7.31. The zero-order valence-corrected chi connectivity index (χ0v) is 12.1. The summed E-state index contributed by atoms with van der Waals surface area (Å²) in [5.74, 6) is 0. The Morgan fingerprint density at radius 2 is 1.95 bits per heavy atom. The first-order valence-corrected chi connectivity index (χ1v) is 7.00. The number of aryl methyl sites for hydroxylation is 1. The number of aliphatic hydroxyl groups is 1. The lowest BCUT2D eigenvalue weighted by molar-refractivity contribution is 0.277. The van der Waals surface area contributed by atoms with Crippen molar-refractivity contribution in [2.24, 2.45) is 0 Å². The van der Waals surface area contributed by atoms with Crippen molar-refractivity contribution in [1.82, 2.24) is 25.2 Å². The minimum atomic E-state index is -0.199. The van der Waals surface area contributed by atoms with Crippen LogP contribution in [0.15, 0.2) is 24.3 Å². The fraction of sp³-hybridized carbons (Fsp3) is 0.167. The standard InChI is InChI=1S/C12H10ClN5OS/c1-7-14-16-12(20-7)18-11(10(6-19)15-17-18)8-2-4-9(13)5-3-8/h2-5,19H,6H2,1H3. The van der Waals surface area contributed by atoms with Crippen LogP contribution in [0.4, 0.5) is 0 Å². The molecule has 0 aliphatic rings. The minimum absolute atomic E-state index is 0.199. The van der Waals surface area contributed by atoms with E-state index in [2.05, 4.69) is 20.5 Å². The molecule has 2 aromatic heterocycles. The van der Waals surface area contributed by atoms with Crippen LogP contribution >= 0.6 is 22.9 Å². The molecule has 1 aromatic carbocycles. The van der Waals surface area contributed by atoms with Crippen molar-refractivity contribution >= 4 is 22.9 Å². The first kappa shape index (κ1) is 13.2. The Kier molecular flexibility index (Phi) is 3.47. The van der Waals surface area contributed by atoms with Crippen LogP contribution in [0.25, 0.3) is 16.4 Å². The molecule has 20 heavy (non-hydrogen) atoms. The van der Waals surface area contributed by atoms with Gasteiger partial charge in [-0.25, -0.2) is 0 Å². The van der Waals surface area contributed by atoms with Gasteiger partial charge in [-0.1, -0.05) is 40.3 Å². The van der Waals surface area contributed by atoms with Crippen LogP contribution < -0.4 is 0 Å². The van der Waals surface area contributed by atoms with E-state index >= 15 is 0 Å². The molecule has 8 heteroatoms. The molecule has 3 rings (SSSR count). The Hall–Kier alpha value is -1.83. The van der Waals surface area contributed by atoms with E-state index in [4.69, 9.17) is 11.6 Å². The third-order valence-electron chi connectivity index (χ3n) is 2.70. The molecule has 0 amide bonds. The molecule has 6 nitrogen and oxygen atoms in total. The van der Waals surface area contributed by atoms with Crippen LogP contribution in [-0.4, -0.2) is 30.3 Å². The maximum absolute atomic E-state index is 9.43. The molecule has 2 heterocycles. The average molecular weight is 308 g/mol. The second-order valence-corrected chi connectivity index (χ2v) is 5.66. The normalized spacial score (nSPS) is 10.9. The summed E-state index contributed by atoms with van der Waals surface area (Å²) in [6, 6.07) is 7.26. The number of benzene rings is 1. The Labute approximate surface area is 123 Å². The second-order valence-electron chi connectivity index (χ2n) is 4.07. The number of halogens is 1. The van der Waals surface area contributed by atoms with Gasteiger partial charge < -0.3 is 5.11 Å². The molecule has 0 saturated carbocycles. The van der Waals surface area contributed by atoms with Gasteiger partial charge in [0.15, 0.2) is 0 Å². The smallest absolute Gasteiger partial charge is 0.234 e. The molecule has 0 spiro atoms. The maximum Gasteiger partial charge on any atom is 0.234 e. The molecule has 102 valence electrons. The molecule has 0 atom stereocenters. The van der Waals surface area contributed by atoms with Crippen LogP contribution in [0, 0.1) is 6.92 Å². The van der Waals surface area contributed by atoms with Gasteiger partial charge in [0.2, 0.25) is 5.13 Å². The van der Waals surface area contributed by atoms with Gasteiger partial charge in [0.05, 0.1) is 6.61 Å². The van der Waals surface area contributed by atoms with Crippen LogP contribution in [0.1, 0.15) is 10.7 Å². The van der Waals surface area contributed by atoms with Gasteiger partial charge in [-0.3, -0.25) is 0 Å². The van der Waals surface area contributed by atoms with E-state index in [9.17, 15) is 5.11 Å². The van der Waals surface area contributed by atoms with Gasteiger partial charge >= 0.3 is 0 Å². The van der Waals surface area contributed by atoms with Gasteiger partial charge in [0, 0.05) is 10.6 Å². The van der Waals surface area contributed by atoms with E-state index < -0.39 is 0 Å². The average Bonchev–Trinajstić information content (AvgIpc) is 3.05. The lowest BCUT2D eigenvalue weighted by Crippen LogP contribution is -2.00. The molecular weight excluding hydrogens is 298 g/mol. The SMILES string of the molecule is Cc1nnc(-n2nnc(CO)c2-c2ccc(Cl)cc2)s1. The molecule has 0 aliphatic heterocycles. The summed E-state index contributed by atoms with van der Waals surface area (Å²) in [5.41, 5.74) is 2.04. The molecule has 3 aromatic rings. The molecule has 0 bridgehead atoms. The molecule has 0 radical (unpaired) electrons. The minimum Gasteiger partial charge on any atom is -0.390 e. The predicted molar refractivity (Wildman–Crippen MR) is 75.9 cm³/mol. The summed E-state index contributed by atoms with van der Waals surface area (Å²) in [6.07, 6.45) is 0. The fourth-order valence-corrected chi connectivity index (χ4v) is 2.59. The summed E-state index contributed by atoms with van der Waals surface area (Å²) in [5, 5.41) is 27.6. The largest absolute Gasteiger partial charge is 0.390 e. The van der Waals surface area contributed by atoms with E-state index in [0.717, 1.165) is 10.6 Å². The van der Waals surface area contributed by atoms with Crippen LogP contribution in [-0.2, 0) is 6.61 Å². The third kappa shape index (κ3) is 2.31. The highest BCUT2D eigenvalue weighted by molar-refractivity contribution is 7.13. The van der Waals surface area contributed by atoms with Crippen LogP contribution in [0.3, 0.4) is 0 Å². The third-order valence-corrected chi connectivity index (χ3v) is 3.77. The quantitative estimate of drug-likeness (QED) is 0.803. The van der Waals surface area contributed by atoms with E-state index in [1.807, 2.05) is 19.1 Å². The van der Waals surface area contributed by atoms with E-state index in [-0.39, 0.29) is 6.61 Å². The summed E-state index contributed by atoms with van der Waals surface area (Å²) in [7, 11) is 0. The highest BCUT2D eigenvalue weighted by Crippen LogP contribution is 2.27.